The molecule has 0 spiro atoms. The van der Waals surface area contributed by atoms with E-state index in [1.807, 2.05) is 0 Å². The Hall–Kier alpha value is -2.68. The van der Waals surface area contributed by atoms with Gasteiger partial charge in [0.05, 0.1) is 0 Å². The highest BCUT2D eigenvalue weighted by Crippen LogP contribution is 2.20. The van der Waals surface area contributed by atoms with E-state index in [0.717, 1.165) is 13.0 Å². The van der Waals surface area contributed by atoms with Crippen LogP contribution in [0, 0.1) is 0 Å². The summed E-state index contributed by atoms with van der Waals surface area (Å²) in [5, 5.41) is 8.81. The zero-order valence-electron chi connectivity index (χ0n) is 14.9. The highest BCUT2D eigenvalue weighted by Gasteiger charge is 2.10. The summed E-state index contributed by atoms with van der Waals surface area (Å²) in [5.41, 5.74) is 8.70. The van der Waals surface area contributed by atoms with Gasteiger partial charge in [-0.25, -0.2) is 0 Å². The molecule has 2 heteroatoms. The van der Waals surface area contributed by atoms with Crippen LogP contribution in [0.4, 0.5) is 0 Å². The zero-order chi connectivity index (χ0) is 17.8. The van der Waals surface area contributed by atoms with Crippen molar-refractivity contribution >= 4 is 21.5 Å². The molecule has 0 fully saturated rings. The Balaban J connectivity index is 1.48. The van der Waals surface area contributed by atoms with E-state index in [1.165, 1.54) is 32.7 Å². The lowest BCUT2D eigenvalue weighted by Gasteiger charge is -2.18. The van der Waals surface area contributed by atoms with E-state index >= 15 is 0 Å². The van der Waals surface area contributed by atoms with E-state index in [9.17, 15) is 0 Å². The Kier molecular flexibility index (Phi) is 4.96. The van der Waals surface area contributed by atoms with Crippen molar-refractivity contribution in [3.05, 3.63) is 96.1 Å². The molecule has 4 aromatic rings. The van der Waals surface area contributed by atoms with Crippen LogP contribution in [-0.2, 0) is 13.0 Å². The van der Waals surface area contributed by atoms with Crippen LogP contribution in [0.5, 0.6) is 0 Å². The van der Waals surface area contributed by atoms with Crippen LogP contribution >= 0.6 is 0 Å². The molecule has 0 aromatic heterocycles. The summed E-state index contributed by atoms with van der Waals surface area (Å²) in [6, 6.07) is 30.4. The van der Waals surface area contributed by atoms with Gasteiger partial charge in [-0.05, 0) is 45.2 Å². The average Bonchev–Trinajstić information content (AvgIpc) is 2.71. The highest BCUT2D eigenvalue weighted by atomic mass is 14.9. The van der Waals surface area contributed by atoms with Crippen LogP contribution in [0.3, 0.4) is 0 Å². The number of fused-ring (bicyclic) bond motifs is 2. The van der Waals surface area contributed by atoms with E-state index in [-0.39, 0.29) is 6.04 Å². The van der Waals surface area contributed by atoms with E-state index in [0.29, 0.717) is 6.54 Å². The molecule has 0 aliphatic heterocycles. The minimum Gasteiger partial charge on any atom is -0.329 e. The first-order valence-electron chi connectivity index (χ1n) is 9.21. The van der Waals surface area contributed by atoms with Gasteiger partial charge in [-0.1, -0.05) is 78.9 Å². The van der Waals surface area contributed by atoms with Crippen LogP contribution in [-0.4, -0.2) is 12.6 Å². The molecule has 2 nitrogen and oxygen atoms in total. The van der Waals surface area contributed by atoms with Gasteiger partial charge in [-0.3, -0.25) is 0 Å². The fourth-order valence-electron chi connectivity index (χ4n) is 3.59. The molecular formula is C24H24N2. The average molecular weight is 340 g/mol. The van der Waals surface area contributed by atoms with Crippen molar-refractivity contribution in [3.8, 4) is 0 Å². The summed E-state index contributed by atoms with van der Waals surface area (Å²) < 4.78 is 0. The Morgan fingerprint density at radius 3 is 2.31 bits per heavy atom. The number of rotatable bonds is 6. The second-order valence-electron chi connectivity index (χ2n) is 6.84. The van der Waals surface area contributed by atoms with Gasteiger partial charge in [-0.2, -0.15) is 0 Å². The smallest absolute Gasteiger partial charge is 0.0234 e. The normalized spacial score (nSPS) is 12.5. The Morgan fingerprint density at radius 1 is 0.731 bits per heavy atom. The third-order valence-corrected chi connectivity index (χ3v) is 5.04. The van der Waals surface area contributed by atoms with Crippen LogP contribution in [0.15, 0.2) is 84.9 Å². The molecular weight excluding hydrogens is 316 g/mol. The first kappa shape index (κ1) is 16.8. The maximum absolute atomic E-state index is 6.06. The molecule has 0 bridgehead atoms. The fourth-order valence-corrected chi connectivity index (χ4v) is 3.59. The van der Waals surface area contributed by atoms with Gasteiger partial charge in [-0.15, -0.1) is 0 Å². The summed E-state index contributed by atoms with van der Waals surface area (Å²) in [7, 11) is 0. The van der Waals surface area contributed by atoms with Gasteiger partial charge in [0.1, 0.15) is 0 Å². The molecule has 0 saturated carbocycles. The molecule has 4 rings (SSSR count). The van der Waals surface area contributed by atoms with Crippen molar-refractivity contribution in [2.75, 3.05) is 6.54 Å². The highest BCUT2D eigenvalue weighted by molar-refractivity contribution is 5.85. The van der Waals surface area contributed by atoms with Crippen molar-refractivity contribution in [2.45, 2.75) is 19.0 Å². The van der Waals surface area contributed by atoms with Crippen molar-refractivity contribution in [2.24, 2.45) is 5.73 Å². The standard InChI is InChI=1S/C24H24N2/c25-16-23(15-22-10-5-9-20-7-3-4-11-24(20)22)26-17-18-12-13-19-6-1-2-8-21(19)14-18/h1-14,23,26H,15-17,25H2. The molecule has 0 amide bonds. The quantitative estimate of drug-likeness (QED) is 0.536. The van der Waals surface area contributed by atoms with Crippen molar-refractivity contribution < 1.29 is 0 Å². The number of hydrogen-bond acceptors (Lipinski definition) is 2. The maximum Gasteiger partial charge on any atom is 0.0234 e. The summed E-state index contributed by atoms with van der Waals surface area (Å²) in [5.74, 6) is 0. The predicted molar refractivity (Wildman–Crippen MR) is 111 cm³/mol. The lowest BCUT2D eigenvalue weighted by Crippen LogP contribution is -2.37. The topological polar surface area (TPSA) is 38.0 Å². The summed E-state index contributed by atoms with van der Waals surface area (Å²) >= 11 is 0. The van der Waals surface area contributed by atoms with Crippen LogP contribution < -0.4 is 11.1 Å². The molecule has 0 radical (unpaired) electrons. The second kappa shape index (κ2) is 7.69. The van der Waals surface area contributed by atoms with Gasteiger partial charge in [0.2, 0.25) is 0 Å². The van der Waals surface area contributed by atoms with Gasteiger partial charge < -0.3 is 11.1 Å². The SMILES string of the molecule is NCC(Cc1cccc2ccccc12)NCc1ccc2ccccc2c1. The Bertz CT molecular complexity index is 1020. The van der Waals surface area contributed by atoms with E-state index in [4.69, 9.17) is 5.73 Å². The minimum absolute atomic E-state index is 0.257. The van der Waals surface area contributed by atoms with E-state index in [2.05, 4.69) is 90.2 Å². The molecule has 130 valence electrons. The van der Waals surface area contributed by atoms with Crippen molar-refractivity contribution in [1.29, 1.82) is 0 Å². The summed E-state index contributed by atoms with van der Waals surface area (Å²) in [6.45, 7) is 1.45. The number of nitrogens with one attached hydrogen (secondary N) is 1. The summed E-state index contributed by atoms with van der Waals surface area (Å²) in [4.78, 5) is 0. The van der Waals surface area contributed by atoms with Gasteiger partial charge in [0, 0.05) is 19.1 Å². The Labute approximate surface area is 154 Å². The molecule has 1 unspecified atom stereocenters. The van der Waals surface area contributed by atoms with Gasteiger partial charge in [0.15, 0.2) is 0 Å². The van der Waals surface area contributed by atoms with E-state index < -0.39 is 0 Å². The van der Waals surface area contributed by atoms with Crippen molar-refractivity contribution in [1.82, 2.24) is 5.32 Å². The van der Waals surface area contributed by atoms with Gasteiger partial charge in [0.25, 0.3) is 0 Å². The minimum atomic E-state index is 0.257. The molecule has 0 saturated heterocycles. The fraction of sp³-hybridized carbons (Fsp3) is 0.167. The van der Waals surface area contributed by atoms with Crippen LogP contribution in [0.2, 0.25) is 0 Å². The Morgan fingerprint density at radius 2 is 1.46 bits per heavy atom. The van der Waals surface area contributed by atoms with Crippen LogP contribution in [0.1, 0.15) is 11.1 Å². The molecule has 0 heterocycles. The number of nitrogens with two attached hydrogens (primary N) is 1. The molecule has 0 aliphatic carbocycles. The third kappa shape index (κ3) is 3.62. The zero-order valence-corrected chi connectivity index (χ0v) is 14.9. The summed E-state index contributed by atoms with van der Waals surface area (Å²) in [6.07, 6.45) is 0.936. The molecule has 1 atom stereocenters. The monoisotopic (exact) mass is 340 g/mol. The first-order valence-corrected chi connectivity index (χ1v) is 9.21. The predicted octanol–water partition coefficient (Wildman–Crippen LogP) is 4.65. The lowest BCUT2D eigenvalue weighted by atomic mass is 9.98. The third-order valence-electron chi connectivity index (χ3n) is 5.04. The van der Waals surface area contributed by atoms with Crippen molar-refractivity contribution in [3.63, 3.8) is 0 Å². The molecule has 26 heavy (non-hydrogen) atoms. The van der Waals surface area contributed by atoms with Crippen LogP contribution in [0.25, 0.3) is 21.5 Å². The molecule has 3 N–H and O–H groups in total. The maximum atomic E-state index is 6.06. The largest absolute Gasteiger partial charge is 0.329 e. The first-order chi connectivity index (χ1) is 12.8. The number of hydrogen-bond donors (Lipinski definition) is 2. The molecule has 0 aliphatic rings. The van der Waals surface area contributed by atoms with Gasteiger partial charge >= 0.3 is 0 Å². The number of benzene rings is 4. The second-order valence-corrected chi connectivity index (χ2v) is 6.84. The van der Waals surface area contributed by atoms with E-state index in [1.54, 1.807) is 0 Å². The lowest BCUT2D eigenvalue weighted by molar-refractivity contribution is 0.517. The molecule has 4 aromatic carbocycles.